The molecular formula is C17H19N5O2. The lowest BCUT2D eigenvalue weighted by Gasteiger charge is -2.27. The summed E-state index contributed by atoms with van der Waals surface area (Å²) in [6.45, 7) is 1.11. The van der Waals surface area contributed by atoms with E-state index >= 15 is 0 Å². The molecule has 1 atom stereocenters. The quantitative estimate of drug-likeness (QED) is 0.789. The smallest absolute Gasteiger partial charge is 0.255 e. The van der Waals surface area contributed by atoms with Gasteiger partial charge in [-0.2, -0.15) is 10.2 Å². The van der Waals surface area contributed by atoms with Gasteiger partial charge in [-0.05, 0) is 25.0 Å². The minimum Gasteiger partial charge on any atom is -0.368 e. The SMILES string of the molecule is Cn1cc(C2(CNC(=O)c3cnn4ccccc34)CCCO2)cn1. The van der Waals surface area contributed by atoms with E-state index < -0.39 is 5.60 Å². The lowest BCUT2D eigenvalue weighted by Crippen LogP contribution is -2.40. The molecule has 0 aliphatic carbocycles. The predicted octanol–water partition coefficient (Wildman–Crippen LogP) is 1.50. The Morgan fingerprint density at radius 2 is 2.29 bits per heavy atom. The summed E-state index contributed by atoms with van der Waals surface area (Å²) in [5, 5.41) is 11.5. The van der Waals surface area contributed by atoms with Crippen LogP contribution in [-0.4, -0.2) is 38.5 Å². The van der Waals surface area contributed by atoms with Crippen LogP contribution in [0.5, 0.6) is 0 Å². The first-order valence-electron chi connectivity index (χ1n) is 8.02. The molecular weight excluding hydrogens is 306 g/mol. The van der Waals surface area contributed by atoms with Crippen LogP contribution in [0.15, 0.2) is 43.0 Å². The second-order valence-electron chi connectivity index (χ2n) is 6.12. The van der Waals surface area contributed by atoms with E-state index in [0.717, 1.165) is 23.9 Å². The normalized spacial score (nSPS) is 20.5. The van der Waals surface area contributed by atoms with Gasteiger partial charge in [-0.3, -0.25) is 9.48 Å². The van der Waals surface area contributed by atoms with Gasteiger partial charge in [0.05, 0.1) is 30.0 Å². The van der Waals surface area contributed by atoms with Gasteiger partial charge in [-0.1, -0.05) is 6.07 Å². The summed E-state index contributed by atoms with van der Waals surface area (Å²) in [5.41, 5.74) is 1.86. The number of aromatic nitrogens is 4. The number of ether oxygens (including phenoxy) is 1. The summed E-state index contributed by atoms with van der Waals surface area (Å²) in [5.74, 6) is -0.144. The summed E-state index contributed by atoms with van der Waals surface area (Å²) in [7, 11) is 1.88. The maximum absolute atomic E-state index is 12.6. The zero-order valence-corrected chi connectivity index (χ0v) is 13.5. The lowest BCUT2D eigenvalue weighted by molar-refractivity contribution is 0.00131. The molecule has 4 rings (SSSR count). The van der Waals surface area contributed by atoms with Gasteiger partial charge in [0.2, 0.25) is 0 Å². The summed E-state index contributed by atoms with van der Waals surface area (Å²) in [6.07, 6.45) is 9.02. The summed E-state index contributed by atoms with van der Waals surface area (Å²) >= 11 is 0. The predicted molar refractivity (Wildman–Crippen MR) is 87.6 cm³/mol. The highest BCUT2D eigenvalue weighted by molar-refractivity contribution is 6.00. The summed E-state index contributed by atoms with van der Waals surface area (Å²) < 4.78 is 9.45. The number of nitrogens with one attached hydrogen (secondary N) is 1. The van der Waals surface area contributed by atoms with Gasteiger partial charge in [0.25, 0.3) is 5.91 Å². The third-order valence-electron chi connectivity index (χ3n) is 4.54. The Hall–Kier alpha value is -2.67. The van der Waals surface area contributed by atoms with E-state index in [4.69, 9.17) is 4.74 Å². The fourth-order valence-corrected chi connectivity index (χ4v) is 3.25. The zero-order chi connectivity index (χ0) is 16.6. The average molecular weight is 325 g/mol. The molecule has 0 bridgehead atoms. The highest BCUT2D eigenvalue weighted by Crippen LogP contribution is 2.35. The van der Waals surface area contributed by atoms with Crippen LogP contribution in [0.1, 0.15) is 28.8 Å². The van der Waals surface area contributed by atoms with Gasteiger partial charge in [0.15, 0.2) is 0 Å². The molecule has 3 aromatic heterocycles. The zero-order valence-electron chi connectivity index (χ0n) is 13.5. The highest BCUT2D eigenvalue weighted by atomic mass is 16.5. The monoisotopic (exact) mass is 325 g/mol. The molecule has 1 N–H and O–H groups in total. The van der Waals surface area contributed by atoms with Gasteiger partial charge >= 0.3 is 0 Å². The van der Waals surface area contributed by atoms with Crippen LogP contribution in [0.4, 0.5) is 0 Å². The second kappa shape index (κ2) is 5.76. The molecule has 0 saturated carbocycles. The van der Waals surface area contributed by atoms with Crippen molar-refractivity contribution in [1.29, 1.82) is 0 Å². The lowest BCUT2D eigenvalue weighted by atomic mass is 9.93. The molecule has 4 heterocycles. The van der Waals surface area contributed by atoms with Crippen molar-refractivity contribution < 1.29 is 9.53 Å². The molecule has 1 saturated heterocycles. The molecule has 7 heteroatoms. The van der Waals surface area contributed by atoms with Gasteiger partial charge < -0.3 is 10.1 Å². The number of amides is 1. The maximum atomic E-state index is 12.6. The third-order valence-corrected chi connectivity index (χ3v) is 4.54. The molecule has 1 aliphatic heterocycles. The summed E-state index contributed by atoms with van der Waals surface area (Å²) in [4.78, 5) is 12.6. The van der Waals surface area contributed by atoms with E-state index in [0.29, 0.717) is 18.7 Å². The Kier molecular flexibility index (Phi) is 3.57. The number of nitrogens with zero attached hydrogens (tertiary/aromatic N) is 4. The van der Waals surface area contributed by atoms with Crippen molar-refractivity contribution in [2.45, 2.75) is 18.4 Å². The molecule has 124 valence electrons. The molecule has 3 aromatic rings. The number of hydrogen-bond acceptors (Lipinski definition) is 4. The molecule has 1 fully saturated rings. The van der Waals surface area contributed by atoms with Gasteiger partial charge in [0, 0.05) is 31.6 Å². The Bertz CT molecular complexity index is 876. The Labute approximate surface area is 139 Å². The molecule has 0 aromatic carbocycles. The number of fused-ring (bicyclic) bond motifs is 1. The summed E-state index contributed by atoms with van der Waals surface area (Å²) in [6, 6.07) is 5.65. The van der Waals surface area contributed by atoms with Gasteiger partial charge in [-0.15, -0.1) is 0 Å². The minimum atomic E-state index is -0.493. The van der Waals surface area contributed by atoms with Crippen molar-refractivity contribution in [1.82, 2.24) is 24.7 Å². The average Bonchev–Trinajstić information content (AvgIpc) is 3.32. The fraction of sp³-hybridized carbons (Fsp3) is 0.353. The Morgan fingerprint density at radius 3 is 3.04 bits per heavy atom. The number of carbonyl (C=O) groups excluding carboxylic acids is 1. The Morgan fingerprint density at radius 1 is 1.38 bits per heavy atom. The van der Waals surface area contributed by atoms with E-state index in [9.17, 15) is 4.79 Å². The highest BCUT2D eigenvalue weighted by Gasteiger charge is 2.38. The number of rotatable bonds is 4. The van der Waals surface area contributed by atoms with E-state index in [1.807, 2.05) is 43.8 Å². The second-order valence-corrected chi connectivity index (χ2v) is 6.12. The fourth-order valence-electron chi connectivity index (χ4n) is 3.25. The molecule has 0 radical (unpaired) electrons. The van der Waals surface area contributed by atoms with Crippen LogP contribution in [0.2, 0.25) is 0 Å². The van der Waals surface area contributed by atoms with Crippen LogP contribution in [-0.2, 0) is 17.4 Å². The molecule has 0 spiro atoms. The van der Waals surface area contributed by atoms with Crippen molar-refractivity contribution in [2.75, 3.05) is 13.2 Å². The van der Waals surface area contributed by atoms with E-state index in [-0.39, 0.29) is 5.91 Å². The molecule has 24 heavy (non-hydrogen) atoms. The number of carbonyl (C=O) groups is 1. The number of aryl methyl sites for hydroxylation is 1. The van der Waals surface area contributed by atoms with Gasteiger partial charge in [0.1, 0.15) is 5.60 Å². The van der Waals surface area contributed by atoms with Crippen molar-refractivity contribution in [3.63, 3.8) is 0 Å². The van der Waals surface area contributed by atoms with Crippen molar-refractivity contribution >= 4 is 11.4 Å². The molecule has 1 amide bonds. The van der Waals surface area contributed by atoms with E-state index in [2.05, 4.69) is 15.5 Å². The van der Waals surface area contributed by atoms with Crippen molar-refractivity contribution in [3.8, 4) is 0 Å². The van der Waals surface area contributed by atoms with Gasteiger partial charge in [-0.25, -0.2) is 4.52 Å². The van der Waals surface area contributed by atoms with Crippen LogP contribution < -0.4 is 5.32 Å². The number of hydrogen-bond donors (Lipinski definition) is 1. The van der Waals surface area contributed by atoms with Crippen molar-refractivity contribution in [2.24, 2.45) is 7.05 Å². The maximum Gasteiger partial charge on any atom is 0.255 e. The molecule has 1 unspecified atom stereocenters. The molecule has 1 aliphatic rings. The standard InChI is InChI=1S/C17H19N5O2/c1-21-11-13(9-19-21)17(6-4-8-24-17)12-18-16(23)14-10-20-22-7-3-2-5-15(14)22/h2-3,5,7,9-11H,4,6,8,12H2,1H3,(H,18,23). The topological polar surface area (TPSA) is 73.5 Å². The first kappa shape index (κ1) is 14.9. The van der Waals surface area contributed by atoms with E-state index in [1.165, 1.54) is 0 Å². The van der Waals surface area contributed by atoms with Crippen LogP contribution in [0.3, 0.4) is 0 Å². The number of pyridine rings is 1. The van der Waals surface area contributed by atoms with Crippen molar-refractivity contribution in [3.05, 3.63) is 54.1 Å². The first-order chi connectivity index (χ1) is 11.7. The first-order valence-corrected chi connectivity index (χ1v) is 8.02. The third kappa shape index (κ3) is 2.46. The minimum absolute atomic E-state index is 0.144. The Balaban J connectivity index is 1.55. The van der Waals surface area contributed by atoms with Crippen LogP contribution >= 0.6 is 0 Å². The van der Waals surface area contributed by atoms with E-state index in [1.54, 1.807) is 15.4 Å². The largest absolute Gasteiger partial charge is 0.368 e. The van der Waals surface area contributed by atoms with Crippen LogP contribution in [0.25, 0.3) is 5.52 Å². The van der Waals surface area contributed by atoms with Crippen LogP contribution in [0, 0.1) is 0 Å². The molecule has 7 nitrogen and oxygen atoms in total.